The van der Waals surface area contributed by atoms with Crippen molar-refractivity contribution in [2.75, 3.05) is 19.7 Å². The summed E-state index contributed by atoms with van der Waals surface area (Å²) in [6.45, 7) is -0.358. The summed E-state index contributed by atoms with van der Waals surface area (Å²) in [4.78, 5) is 0. The van der Waals surface area contributed by atoms with E-state index < -0.39 is 33.0 Å². The van der Waals surface area contributed by atoms with Crippen molar-refractivity contribution in [3.05, 3.63) is 23.8 Å². The Bertz CT molecular complexity index is 708. The van der Waals surface area contributed by atoms with Crippen LogP contribution in [0.2, 0.25) is 0 Å². The normalized spacial score (nSPS) is 30.9. The minimum Gasteiger partial charge on any atom is -0.454 e. The highest BCUT2D eigenvalue weighted by Gasteiger charge is 2.70. The minimum atomic E-state index is -3.43. The number of aliphatic hydroxyl groups is 1. The van der Waals surface area contributed by atoms with Crippen LogP contribution >= 0.6 is 0 Å². The van der Waals surface area contributed by atoms with Crippen molar-refractivity contribution < 1.29 is 23.0 Å². The molecule has 20 heavy (non-hydrogen) atoms. The van der Waals surface area contributed by atoms with E-state index in [2.05, 4.69) is 0 Å². The Balaban J connectivity index is 2.04. The van der Waals surface area contributed by atoms with Crippen molar-refractivity contribution in [1.82, 2.24) is 0 Å². The van der Waals surface area contributed by atoms with Crippen molar-refractivity contribution in [2.24, 2.45) is 5.41 Å². The van der Waals surface area contributed by atoms with Gasteiger partial charge in [0.25, 0.3) is 0 Å². The van der Waals surface area contributed by atoms with E-state index in [4.69, 9.17) is 9.47 Å². The summed E-state index contributed by atoms with van der Waals surface area (Å²) >= 11 is 0. The topological polar surface area (TPSA) is 96.6 Å². The summed E-state index contributed by atoms with van der Waals surface area (Å²) in [5.74, 6) is 0.588. The van der Waals surface area contributed by atoms with Gasteiger partial charge in [0.15, 0.2) is 21.3 Å². The summed E-state index contributed by atoms with van der Waals surface area (Å²) in [5, 5.41) is 17.9. The largest absolute Gasteiger partial charge is 0.454 e. The van der Waals surface area contributed by atoms with E-state index in [1.165, 1.54) is 0 Å². The number of fused-ring (bicyclic) bond motifs is 1. The van der Waals surface area contributed by atoms with Crippen molar-refractivity contribution in [2.45, 2.75) is 11.2 Å². The molecule has 106 valence electrons. The highest BCUT2D eigenvalue weighted by molar-refractivity contribution is 7.91. The molecule has 0 aromatic heterocycles. The summed E-state index contributed by atoms with van der Waals surface area (Å²) in [6, 6.07) is 7.06. The molecule has 7 heteroatoms. The molecule has 0 spiro atoms. The molecule has 1 saturated carbocycles. The maximum absolute atomic E-state index is 11.8. The van der Waals surface area contributed by atoms with Gasteiger partial charge in [-0.1, -0.05) is 6.07 Å². The third-order valence-corrected chi connectivity index (χ3v) is 5.56. The Morgan fingerprint density at radius 3 is 2.70 bits per heavy atom. The van der Waals surface area contributed by atoms with Crippen LogP contribution in [-0.2, 0) is 9.84 Å². The molecule has 1 aliphatic carbocycles. The second-order valence-corrected chi connectivity index (χ2v) is 7.32. The number of hydrogen-bond acceptors (Lipinski definition) is 6. The molecule has 0 unspecified atom stereocenters. The number of benzene rings is 1. The van der Waals surface area contributed by atoms with E-state index in [0.29, 0.717) is 17.1 Å². The van der Waals surface area contributed by atoms with Gasteiger partial charge >= 0.3 is 0 Å². The zero-order valence-corrected chi connectivity index (χ0v) is 11.6. The molecule has 3 atom stereocenters. The standard InChI is InChI=1S/C13H13NO5S/c1-20(16,17)12-11(13(12,5-14)6-15)8-2-3-9-10(4-8)19-7-18-9/h2-4,11-12,15H,6-7H2,1H3/t11-,12-,13+/m1/s1. The van der Waals surface area contributed by atoms with Crippen LogP contribution in [0.15, 0.2) is 18.2 Å². The van der Waals surface area contributed by atoms with Gasteiger partial charge in [0.2, 0.25) is 6.79 Å². The minimum absolute atomic E-state index is 0.127. The summed E-state index contributed by atoms with van der Waals surface area (Å²) < 4.78 is 34.1. The number of nitriles is 1. The molecule has 0 saturated heterocycles. The molecule has 0 bridgehead atoms. The fourth-order valence-electron chi connectivity index (χ4n) is 2.97. The van der Waals surface area contributed by atoms with Gasteiger partial charge in [-0.25, -0.2) is 8.42 Å². The first-order chi connectivity index (χ1) is 9.44. The van der Waals surface area contributed by atoms with E-state index in [9.17, 15) is 18.8 Å². The van der Waals surface area contributed by atoms with Crippen molar-refractivity contribution >= 4 is 9.84 Å². The highest BCUT2D eigenvalue weighted by Crippen LogP contribution is 2.62. The van der Waals surface area contributed by atoms with Gasteiger partial charge in [0.05, 0.1) is 17.9 Å². The SMILES string of the molecule is CS(=O)(=O)[C@@H]1[C@@H](c2ccc3c(c2)OCO3)[C@]1(C#N)CO. The number of sulfone groups is 1. The predicted octanol–water partition coefficient (Wildman–Crippen LogP) is 0.428. The molecule has 1 fully saturated rings. The third kappa shape index (κ3) is 1.69. The lowest BCUT2D eigenvalue weighted by atomic mass is 10.0. The first-order valence-electron chi connectivity index (χ1n) is 6.04. The van der Waals surface area contributed by atoms with Crippen LogP contribution in [0.1, 0.15) is 11.5 Å². The van der Waals surface area contributed by atoms with Crippen LogP contribution in [0.4, 0.5) is 0 Å². The molecule has 0 amide bonds. The van der Waals surface area contributed by atoms with Crippen LogP contribution in [0.3, 0.4) is 0 Å². The van der Waals surface area contributed by atoms with E-state index in [1.54, 1.807) is 18.2 Å². The van der Waals surface area contributed by atoms with Crippen LogP contribution in [0.25, 0.3) is 0 Å². The monoisotopic (exact) mass is 295 g/mol. The fraction of sp³-hybridized carbons (Fsp3) is 0.462. The average molecular weight is 295 g/mol. The summed E-state index contributed by atoms with van der Waals surface area (Å²) in [5.41, 5.74) is -0.596. The van der Waals surface area contributed by atoms with Gasteiger partial charge in [0, 0.05) is 12.2 Å². The van der Waals surface area contributed by atoms with Gasteiger partial charge in [-0.2, -0.15) is 5.26 Å². The lowest BCUT2D eigenvalue weighted by molar-refractivity contribution is 0.174. The molecular formula is C13H13NO5S. The van der Waals surface area contributed by atoms with Crippen molar-refractivity contribution in [3.8, 4) is 17.6 Å². The molecule has 6 nitrogen and oxygen atoms in total. The Morgan fingerprint density at radius 2 is 2.15 bits per heavy atom. The Hall–Kier alpha value is -1.78. The third-order valence-electron chi connectivity index (χ3n) is 3.94. The first-order valence-corrected chi connectivity index (χ1v) is 8.00. The number of rotatable bonds is 3. The average Bonchev–Trinajstić information content (AvgIpc) is 2.89. The lowest BCUT2D eigenvalue weighted by Gasteiger charge is -2.04. The molecule has 2 aliphatic rings. The van der Waals surface area contributed by atoms with E-state index >= 15 is 0 Å². The van der Waals surface area contributed by atoms with Crippen LogP contribution in [0.5, 0.6) is 11.5 Å². The molecule has 1 aromatic carbocycles. The van der Waals surface area contributed by atoms with Gasteiger partial charge in [0.1, 0.15) is 5.41 Å². The molecule has 0 radical (unpaired) electrons. The molecule has 1 N–H and O–H groups in total. The van der Waals surface area contributed by atoms with E-state index in [0.717, 1.165) is 6.26 Å². The quantitative estimate of drug-likeness (QED) is 0.868. The second kappa shape index (κ2) is 4.11. The van der Waals surface area contributed by atoms with Crippen molar-refractivity contribution in [1.29, 1.82) is 5.26 Å². The molecule has 1 aromatic rings. The zero-order valence-electron chi connectivity index (χ0n) is 10.7. The van der Waals surface area contributed by atoms with Gasteiger partial charge in [-0.15, -0.1) is 0 Å². The summed E-state index contributed by atoms with van der Waals surface area (Å²) in [6.07, 6.45) is 1.09. The van der Waals surface area contributed by atoms with Crippen LogP contribution in [-0.4, -0.2) is 38.4 Å². The Kier molecular flexibility index (Phi) is 2.71. The predicted molar refractivity (Wildman–Crippen MR) is 69.1 cm³/mol. The second-order valence-electron chi connectivity index (χ2n) is 5.15. The van der Waals surface area contributed by atoms with E-state index in [1.807, 2.05) is 6.07 Å². The van der Waals surface area contributed by atoms with Gasteiger partial charge in [-0.3, -0.25) is 0 Å². The fourth-order valence-corrected chi connectivity index (χ4v) is 4.82. The Morgan fingerprint density at radius 1 is 1.45 bits per heavy atom. The maximum Gasteiger partial charge on any atom is 0.231 e. The van der Waals surface area contributed by atoms with Gasteiger partial charge < -0.3 is 14.6 Å². The number of aliphatic hydroxyl groups excluding tert-OH is 1. The molecular weight excluding hydrogens is 282 g/mol. The number of hydrogen-bond donors (Lipinski definition) is 1. The maximum atomic E-state index is 11.8. The zero-order chi connectivity index (χ0) is 14.5. The van der Waals surface area contributed by atoms with Gasteiger partial charge in [-0.05, 0) is 17.7 Å². The highest BCUT2D eigenvalue weighted by atomic mass is 32.2. The van der Waals surface area contributed by atoms with Crippen LogP contribution < -0.4 is 9.47 Å². The molecule has 1 heterocycles. The molecule has 1 aliphatic heterocycles. The Labute approximate surface area is 116 Å². The number of ether oxygens (including phenoxy) is 2. The first kappa shape index (κ1) is 13.2. The number of nitrogens with zero attached hydrogens (tertiary/aromatic N) is 1. The van der Waals surface area contributed by atoms with E-state index in [-0.39, 0.29) is 6.79 Å². The molecule has 3 rings (SSSR count). The van der Waals surface area contributed by atoms with Crippen molar-refractivity contribution in [3.63, 3.8) is 0 Å². The van der Waals surface area contributed by atoms with Crippen LogP contribution in [0, 0.1) is 16.7 Å². The smallest absolute Gasteiger partial charge is 0.231 e. The lowest BCUT2D eigenvalue weighted by Crippen LogP contribution is -2.16. The summed E-state index contributed by atoms with van der Waals surface area (Å²) in [7, 11) is -3.43.